The summed E-state index contributed by atoms with van der Waals surface area (Å²) in [5, 5.41) is 14.4. The fraction of sp³-hybridized carbons (Fsp3) is 0.158. The van der Waals surface area contributed by atoms with Crippen LogP contribution in [0.4, 0.5) is 0 Å². The number of phenolic OH excluding ortho intramolecular Hbond substituents is 1. The summed E-state index contributed by atoms with van der Waals surface area (Å²) in [5.74, 6) is -0.423. The van der Waals surface area contributed by atoms with Gasteiger partial charge in [-0.15, -0.1) is 0 Å². The highest BCUT2D eigenvalue weighted by Gasteiger charge is 2.11. The molecule has 0 aliphatic carbocycles. The molecule has 3 aromatic rings. The van der Waals surface area contributed by atoms with E-state index in [-0.39, 0.29) is 17.9 Å². The Hall–Kier alpha value is -2.86. The number of hydrogen-bond donors (Lipinski definition) is 1. The van der Waals surface area contributed by atoms with Crippen LogP contribution in [0.25, 0.3) is 17.0 Å². The van der Waals surface area contributed by atoms with Crippen LogP contribution in [0.5, 0.6) is 5.75 Å². The van der Waals surface area contributed by atoms with Crippen LogP contribution in [0.3, 0.4) is 0 Å². The van der Waals surface area contributed by atoms with Gasteiger partial charge in [-0.3, -0.25) is 0 Å². The maximum Gasteiger partial charge on any atom is 0.336 e. The molecule has 0 unspecified atom stereocenters. The molecule has 0 aliphatic heterocycles. The van der Waals surface area contributed by atoms with Gasteiger partial charge >= 0.3 is 11.6 Å². The fourth-order valence-corrected chi connectivity index (χ4v) is 3.07. The third kappa shape index (κ3) is 3.97. The lowest BCUT2D eigenvalue weighted by Crippen LogP contribution is -2.06. The topological polar surface area (TPSA) is 76.7 Å². The molecule has 6 heteroatoms. The van der Waals surface area contributed by atoms with Gasteiger partial charge in [-0.05, 0) is 46.5 Å². The number of rotatable bonds is 5. The lowest BCUT2D eigenvalue weighted by molar-refractivity contribution is -0.138. The van der Waals surface area contributed by atoms with Crippen LogP contribution in [-0.2, 0) is 22.6 Å². The Balaban J connectivity index is 1.83. The summed E-state index contributed by atoms with van der Waals surface area (Å²) in [6.45, 7) is 1.86. The number of carbonyl (C=O) groups is 1. The summed E-state index contributed by atoms with van der Waals surface area (Å²) in [6, 6.07) is 6.35. The molecule has 0 spiro atoms. The summed E-state index contributed by atoms with van der Waals surface area (Å²) >= 11 is 1.54. The summed E-state index contributed by atoms with van der Waals surface area (Å²) in [7, 11) is 0. The van der Waals surface area contributed by atoms with Crippen LogP contribution in [0.1, 0.15) is 23.6 Å². The van der Waals surface area contributed by atoms with Gasteiger partial charge in [-0.1, -0.05) is 6.92 Å². The minimum Gasteiger partial charge on any atom is -0.508 e. The molecule has 0 atom stereocenters. The largest absolute Gasteiger partial charge is 0.508 e. The van der Waals surface area contributed by atoms with Gasteiger partial charge in [0.15, 0.2) is 0 Å². The van der Waals surface area contributed by atoms with Crippen molar-refractivity contribution < 1.29 is 19.1 Å². The third-order valence-electron chi connectivity index (χ3n) is 3.74. The van der Waals surface area contributed by atoms with E-state index in [9.17, 15) is 14.7 Å². The van der Waals surface area contributed by atoms with Crippen molar-refractivity contribution >= 4 is 34.4 Å². The number of aryl methyl sites for hydroxylation is 1. The number of hydrogen-bond acceptors (Lipinski definition) is 6. The fourth-order valence-electron chi connectivity index (χ4n) is 2.44. The number of esters is 1. The molecule has 25 heavy (non-hydrogen) atoms. The molecule has 0 fully saturated rings. The second-order valence-corrected chi connectivity index (χ2v) is 6.20. The monoisotopic (exact) mass is 356 g/mol. The van der Waals surface area contributed by atoms with Crippen LogP contribution in [0.2, 0.25) is 0 Å². The maximum absolute atomic E-state index is 11.9. The van der Waals surface area contributed by atoms with Crippen LogP contribution in [-0.4, -0.2) is 11.1 Å². The number of carbonyl (C=O) groups excluding carboxylic acids is 1. The normalized spacial score (nSPS) is 11.2. The molecular weight excluding hydrogens is 340 g/mol. The highest BCUT2D eigenvalue weighted by Crippen LogP contribution is 2.27. The molecule has 0 saturated heterocycles. The molecule has 0 saturated carbocycles. The van der Waals surface area contributed by atoms with Gasteiger partial charge in [0.2, 0.25) is 0 Å². The lowest BCUT2D eigenvalue weighted by atomic mass is 10.0. The second-order valence-electron chi connectivity index (χ2n) is 5.42. The average Bonchev–Trinajstić information content (AvgIpc) is 3.10. The van der Waals surface area contributed by atoms with Gasteiger partial charge in [0.1, 0.15) is 17.9 Å². The van der Waals surface area contributed by atoms with Gasteiger partial charge in [0.25, 0.3) is 0 Å². The van der Waals surface area contributed by atoms with E-state index in [0.29, 0.717) is 17.4 Å². The van der Waals surface area contributed by atoms with Crippen molar-refractivity contribution in [3.8, 4) is 5.75 Å². The molecule has 0 bridgehead atoms. The maximum atomic E-state index is 11.9. The highest BCUT2D eigenvalue weighted by atomic mass is 32.1. The van der Waals surface area contributed by atoms with E-state index in [2.05, 4.69) is 0 Å². The van der Waals surface area contributed by atoms with Crippen LogP contribution < -0.4 is 5.63 Å². The standard InChI is InChI=1S/C19H16O5S/c1-2-13-7-15-14(8-19(22)24-17(15)9-16(13)20)10-23-18(21)4-3-12-5-6-25-11-12/h3-9,11,20H,2,10H2,1H3/b4-3+. The number of benzene rings is 1. The molecule has 1 N–H and O–H groups in total. The van der Waals surface area contributed by atoms with Crippen LogP contribution in [0, 0.1) is 0 Å². The van der Waals surface area contributed by atoms with Crippen molar-refractivity contribution in [1.82, 2.24) is 0 Å². The summed E-state index contributed by atoms with van der Waals surface area (Å²) < 4.78 is 10.3. The summed E-state index contributed by atoms with van der Waals surface area (Å²) in [6.07, 6.45) is 3.64. The molecule has 0 amide bonds. The first kappa shape index (κ1) is 17.0. The molecule has 2 heterocycles. The lowest BCUT2D eigenvalue weighted by Gasteiger charge is -2.08. The van der Waals surface area contributed by atoms with Gasteiger partial charge in [-0.25, -0.2) is 9.59 Å². The quantitative estimate of drug-likeness (QED) is 0.426. The van der Waals surface area contributed by atoms with Gasteiger partial charge in [0, 0.05) is 29.2 Å². The first-order valence-corrected chi connectivity index (χ1v) is 8.66. The molecule has 5 nitrogen and oxygen atoms in total. The Morgan fingerprint density at radius 1 is 1.32 bits per heavy atom. The number of fused-ring (bicyclic) bond motifs is 1. The smallest absolute Gasteiger partial charge is 0.336 e. The minimum absolute atomic E-state index is 0.0527. The van der Waals surface area contributed by atoms with Crippen molar-refractivity contribution in [2.75, 3.05) is 0 Å². The number of ether oxygens (including phenoxy) is 1. The highest BCUT2D eigenvalue weighted by molar-refractivity contribution is 7.08. The zero-order valence-corrected chi connectivity index (χ0v) is 14.3. The van der Waals surface area contributed by atoms with Crippen molar-refractivity contribution in [3.63, 3.8) is 0 Å². The van der Waals surface area contributed by atoms with E-state index < -0.39 is 11.6 Å². The summed E-state index contributed by atoms with van der Waals surface area (Å²) in [5.41, 5.74) is 1.90. The van der Waals surface area contributed by atoms with Crippen molar-refractivity contribution in [1.29, 1.82) is 0 Å². The number of aromatic hydroxyl groups is 1. The minimum atomic E-state index is -0.559. The predicted molar refractivity (Wildman–Crippen MR) is 96.7 cm³/mol. The Kier molecular flexibility index (Phi) is 5.00. The van der Waals surface area contributed by atoms with Gasteiger partial charge in [0.05, 0.1) is 0 Å². The Bertz CT molecular complexity index is 983. The van der Waals surface area contributed by atoms with Gasteiger partial charge < -0.3 is 14.3 Å². The molecule has 0 radical (unpaired) electrons. The predicted octanol–water partition coefficient (Wildman–Crippen LogP) is 3.88. The Morgan fingerprint density at radius 3 is 2.88 bits per heavy atom. The third-order valence-corrected chi connectivity index (χ3v) is 4.44. The molecule has 0 aliphatic rings. The average molecular weight is 356 g/mol. The van der Waals surface area contributed by atoms with Crippen LogP contribution >= 0.6 is 11.3 Å². The zero-order valence-electron chi connectivity index (χ0n) is 13.5. The van der Waals surface area contributed by atoms with E-state index in [4.69, 9.17) is 9.15 Å². The first-order valence-electron chi connectivity index (χ1n) is 7.72. The van der Waals surface area contributed by atoms with Crippen LogP contribution in [0.15, 0.2) is 50.3 Å². The van der Waals surface area contributed by atoms with E-state index in [1.54, 1.807) is 23.5 Å². The molecule has 2 aromatic heterocycles. The Labute approximate surface area is 147 Å². The van der Waals surface area contributed by atoms with Crippen molar-refractivity contribution in [2.24, 2.45) is 0 Å². The number of phenols is 1. The SMILES string of the molecule is CCc1cc2c(COC(=O)/C=C/c3ccsc3)cc(=O)oc2cc1O. The zero-order chi connectivity index (χ0) is 17.8. The summed E-state index contributed by atoms with van der Waals surface area (Å²) in [4.78, 5) is 23.6. The van der Waals surface area contributed by atoms with E-state index >= 15 is 0 Å². The van der Waals surface area contributed by atoms with Gasteiger partial charge in [-0.2, -0.15) is 11.3 Å². The molecular formula is C19H16O5S. The second kappa shape index (κ2) is 7.36. The van der Waals surface area contributed by atoms with E-state index in [1.807, 2.05) is 23.8 Å². The van der Waals surface area contributed by atoms with E-state index in [1.165, 1.54) is 18.2 Å². The number of thiophene rings is 1. The molecule has 128 valence electrons. The van der Waals surface area contributed by atoms with E-state index in [0.717, 1.165) is 11.1 Å². The first-order chi connectivity index (χ1) is 12.1. The van der Waals surface area contributed by atoms with Crippen molar-refractivity contribution in [3.05, 3.63) is 68.2 Å². The molecule has 3 rings (SSSR count). The van der Waals surface area contributed by atoms with Crippen molar-refractivity contribution in [2.45, 2.75) is 20.0 Å². The molecule has 1 aromatic carbocycles. The Morgan fingerprint density at radius 2 is 2.16 bits per heavy atom.